The number of rotatable bonds is 3. The number of carboxylic acids is 2. The Hall–Kier alpha value is -3.11. The molecule has 5 heteroatoms. The molecule has 0 unspecified atom stereocenters. The average Bonchev–Trinajstić information content (AvgIpc) is 2.63. The third-order valence-electron chi connectivity index (χ3n) is 3.33. The maximum absolute atomic E-state index is 10.6. The van der Waals surface area contributed by atoms with Crippen LogP contribution in [0.15, 0.2) is 78.9 Å². The van der Waals surface area contributed by atoms with Crippen LogP contribution in [0.25, 0.3) is 11.1 Å². The zero-order valence-electron chi connectivity index (χ0n) is 13.1. The predicted molar refractivity (Wildman–Crippen MR) is 97.2 cm³/mol. The highest BCUT2D eigenvalue weighted by molar-refractivity contribution is 6.30. The molecular formula is C20H15ClO4. The van der Waals surface area contributed by atoms with Gasteiger partial charge in [-0.05, 0) is 47.5 Å². The number of carboxylic acid groups (broad SMARTS) is 2. The Morgan fingerprint density at radius 2 is 1.00 bits per heavy atom. The fourth-order valence-electron chi connectivity index (χ4n) is 2.03. The third-order valence-corrected chi connectivity index (χ3v) is 3.58. The minimum absolute atomic E-state index is 0.254. The average molecular weight is 355 g/mol. The Morgan fingerprint density at radius 3 is 1.44 bits per heavy atom. The second-order valence-electron chi connectivity index (χ2n) is 5.06. The van der Waals surface area contributed by atoms with Crippen LogP contribution in [0.4, 0.5) is 0 Å². The molecule has 0 radical (unpaired) electrons. The Kier molecular flexibility index (Phi) is 6.32. The van der Waals surface area contributed by atoms with E-state index in [1.807, 2.05) is 42.5 Å². The van der Waals surface area contributed by atoms with Gasteiger partial charge in [-0.3, -0.25) is 0 Å². The van der Waals surface area contributed by atoms with Crippen LogP contribution in [0.2, 0.25) is 5.02 Å². The van der Waals surface area contributed by atoms with Gasteiger partial charge in [0, 0.05) is 5.02 Å². The summed E-state index contributed by atoms with van der Waals surface area (Å²) in [6.45, 7) is 0. The van der Waals surface area contributed by atoms with Gasteiger partial charge >= 0.3 is 11.9 Å². The van der Waals surface area contributed by atoms with Crippen molar-refractivity contribution in [2.24, 2.45) is 0 Å². The van der Waals surface area contributed by atoms with Crippen molar-refractivity contribution in [3.8, 4) is 11.1 Å². The molecule has 0 heterocycles. The summed E-state index contributed by atoms with van der Waals surface area (Å²) in [6.07, 6.45) is 0. The van der Waals surface area contributed by atoms with Crippen molar-refractivity contribution in [1.82, 2.24) is 0 Å². The van der Waals surface area contributed by atoms with Crippen LogP contribution >= 0.6 is 11.6 Å². The van der Waals surface area contributed by atoms with Crippen LogP contribution in [-0.4, -0.2) is 22.2 Å². The predicted octanol–water partition coefficient (Wildman–Crippen LogP) is 5.09. The zero-order chi connectivity index (χ0) is 18.2. The number of hydrogen-bond donors (Lipinski definition) is 2. The molecule has 0 saturated carbocycles. The van der Waals surface area contributed by atoms with Crippen LogP contribution in [0.5, 0.6) is 0 Å². The SMILES string of the molecule is O=C(O)c1ccc(-c2ccccc2)cc1.O=C(O)c1ccc(Cl)cc1. The highest BCUT2D eigenvalue weighted by Gasteiger charge is 2.02. The van der Waals surface area contributed by atoms with Crippen molar-refractivity contribution in [2.45, 2.75) is 0 Å². The van der Waals surface area contributed by atoms with Gasteiger partial charge in [0.15, 0.2) is 0 Å². The Balaban J connectivity index is 0.000000196. The zero-order valence-corrected chi connectivity index (χ0v) is 13.9. The number of benzene rings is 3. The lowest BCUT2D eigenvalue weighted by Crippen LogP contribution is -1.94. The molecular weight excluding hydrogens is 340 g/mol. The standard InChI is InChI=1S/C13H10O2.C7H5ClO2/c14-13(15)12-8-6-11(7-9-12)10-4-2-1-3-5-10;8-6-3-1-5(2-4-6)7(9)10/h1-9H,(H,14,15);1-4H,(H,9,10). The summed E-state index contributed by atoms with van der Waals surface area (Å²) < 4.78 is 0. The van der Waals surface area contributed by atoms with Gasteiger partial charge in [-0.25, -0.2) is 9.59 Å². The first kappa shape index (κ1) is 18.2. The smallest absolute Gasteiger partial charge is 0.335 e. The summed E-state index contributed by atoms with van der Waals surface area (Å²) >= 11 is 5.52. The van der Waals surface area contributed by atoms with Crippen LogP contribution in [0, 0.1) is 0 Å². The molecule has 2 N–H and O–H groups in total. The third kappa shape index (κ3) is 5.48. The number of halogens is 1. The summed E-state index contributed by atoms with van der Waals surface area (Å²) in [5.41, 5.74) is 2.69. The van der Waals surface area contributed by atoms with E-state index in [1.54, 1.807) is 24.3 Å². The fraction of sp³-hybridized carbons (Fsp3) is 0. The monoisotopic (exact) mass is 354 g/mol. The first-order valence-electron chi connectivity index (χ1n) is 7.35. The van der Waals surface area contributed by atoms with Gasteiger partial charge in [0.1, 0.15) is 0 Å². The lowest BCUT2D eigenvalue weighted by Gasteiger charge is -2.01. The molecule has 0 aliphatic heterocycles. The minimum Gasteiger partial charge on any atom is -0.478 e. The molecule has 0 aromatic heterocycles. The molecule has 0 spiro atoms. The summed E-state index contributed by atoms with van der Waals surface area (Å²) in [7, 11) is 0. The molecule has 0 aliphatic carbocycles. The van der Waals surface area contributed by atoms with E-state index in [0.717, 1.165) is 11.1 Å². The van der Waals surface area contributed by atoms with Crippen molar-refractivity contribution in [1.29, 1.82) is 0 Å². The van der Waals surface area contributed by atoms with Crippen molar-refractivity contribution >= 4 is 23.5 Å². The van der Waals surface area contributed by atoms with Gasteiger partial charge in [0.25, 0.3) is 0 Å². The Labute approximate surface area is 149 Å². The quantitative estimate of drug-likeness (QED) is 0.687. The van der Waals surface area contributed by atoms with Gasteiger partial charge in [-0.2, -0.15) is 0 Å². The lowest BCUT2D eigenvalue weighted by atomic mass is 10.0. The maximum Gasteiger partial charge on any atom is 0.335 e. The van der Waals surface area contributed by atoms with Crippen LogP contribution < -0.4 is 0 Å². The van der Waals surface area contributed by atoms with Crippen molar-refractivity contribution < 1.29 is 19.8 Å². The van der Waals surface area contributed by atoms with Gasteiger partial charge in [-0.15, -0.1) is 0 Å². The second kappa shape index (κ2) is 8.66. The van der Waals surface area contributed by atoms with Gasteiger partial charge in [0.2, 0.25) is 0 Å². The largest absolute Gasteiger partial charge is 0.478 e. The Morgan fingerprint density at radius 1 is 0.600 bits per heavy atom. The molecule has 0 aliphatic rings. The van der Waals surface area contributed by atoms with Crippen molar-refractivity contribution in [2.75, 3.05) is 0 Å². The first-order valence-corrected chi connectivity index (χ1v) is 7.73. The topological polar surface area (TPSA) is 74.6 Å². The molecule has 4 nitrogen and oxygen atoms in total. The molecule has 0 atom stereocenters. The molecule has 3 aromatic rings. The van der Waals surface area contributed by atoms with Gasteiger partial charge in [-0.1, -0.05) is 54.1 Å². The van der Waals surface area contributed by atoms with Crippen LogP contribution in [0.1, 0.15) is 20.7 Å². The van der Waals surface area contributed by atoms with E-state index >= 15 is 0 Å². The van der Waals surface area contributed by atoms with E-state index in [0.29, 0.717) is 10.6 Å². The summed E-state index contributed by atoms with van der Waals surface area (Å²) in [5.74, 6) is -1.83. The number of carbonyl (C=O) groups is 2. The maximum atomic E-state index is 10.6. The van der Waals surface area contributed by atoms with Crippen LogP contribution in [0.3, 0.4) is 0 Å². The molecule has 0 fully saturated rings. The lowest BCUT2D eigenvalue weighted by molar-refractivity contribution is 0.0686. The molecule has 3 rings (SSSR count). The molecule has 0 bridgehead atoms. The highest BCUT2D eigenvalue weighted by Crippen LogP contribution is 2.19. The van der Waals surface area contributed by atoms with E-state index in [1.165, 1.54) is 12.1 Å². The molecule has 25 heavy (non-hydrogen) atoms. The highest BCUT2D eigenvalue weighted by atomic mass is 35.5. The van der Waals surface area contributed by atoms with E-state index < -0.39 is 11.9 Å². The van der Waals surface area contributed by atoms with Gasteiger partial charge in [0.05, 0.1) is 11.1 Å². The normalized spacial score (nSPS) is 9.64. The molecule has 3 aromatic carbocycles. The Bertz CT molecular complexity index is 841. The van der Waals surface area contributed by atoms with E-state index in [2.05, 4.69) is 0 Å². The number of hydrogen-bond acceptors (Lipinski definition) is 2. The molecule has 126 valence electrons. The van der Waals surface area contributed by atoms with Crippen LogP contribution in [-0.2, 0) is 0 Å². The summed E-state index contributed by atoms with van der Waals surface area (Å²) in [4.78, 5) is 20.9. The van der Waals surface area contributed by atoms with E-state index in [4.69, 9.17) is 21.8 Å². The second-order valence-corrected chi connectivity index (χ2v) is 5.50. The summed E-state index contributed by atoms with van der Waals surface area (Å²) in [6, 6.07) is 22.7. The van der Waals surface area contributed by atoms with Crippen molar-refractivity contribution in [3.05, 3.63) is 95.0 Å². The molecule has 0 amide bonds. The minimum atomic E-state index is -0.934. The fourth-order valence-corrected chi connectivity index (χ4v) is 2.15. The summed E-state index contributed by atoms with van der Waals surface area (Å²) in [5, 5.41) is 17.7. The van der Waals surface area contributed by atoms with E-state index in [9.17, 15) is 9.59 Å². The van der Waals surface area contributed by atoms with Gasteiger partial charge < -0.3 is 10.2 Å². The van der Waals surface area contributed by atoms with Crippen molar-refractivity contribution in [3.63, 3.8) is 0 Å². The first-order chi connectivity index (χ1) is 12.0. The number of aromatic carboxylic acids is 2. The molecule has 0 saturated heterocycles. The van der Waals surface area contributed by atoms with E-state index in [-0.39, 0.29) is 5.56 Å².